The van der Waals surface area contributed by atoms with E-state index in [1.165, 1.54) is 12.3 Å². The summed E-state index contributed by atoms with van der Waals surface area (Å²) >= 11 is 0. The number of nitrogens with one attached hydrogen (secondary N) is 1. The van der Waals surface area contributed by atoms with Gasteiger partial charge in [0.1, 0.15) is 18.0 Å². The van der Waals surface area contributed by atoms with Gasteiger partial charge in [-0.15, -0.1) is 10.2 Å². The Morgan fingerprint density at radius 3 is 2.81 bits per heavy atom. The zero-order valence-corrected chi connectivity index (χ0v) is 9.05. The van der Waals surface area contributed by atoms with E-state index in [0.29, 0.717) is 5.82 Å². The maximum atomic E-state index is 12.6. The van der Waals surface area contributed by atoms with Crippen molar-refractivity contribution in [2.24, 2.45) is 7.05 Å². The average molecular weight is 221 g/mol. The number of pyridine rings is 1. The number of anilines is 1. The van der Waals surface area contributed by atoms with E-state index in [-0.39, 0.29) is 11.9 Å². The van der Waals surface area contributed by atoms with E-state index in [1.807, 2.05) is 18.5 Å². The number of nitrogens with zero attached hydrogens (tertiary/aromatic N) is 4. The summed E-state index contributed by atoms with van der Waals surface area (Å²) in [5, 5.41) is 10.9. The van der Waals surface area contributed by atoms with Gasteiger partial charge in [-0.05, 0) is 19.1 Å². The molecule has 2 aromatic rings. The summed E-state index contributed by atoms with van der Waals surface area (Å²) in [6, 6.07) is 2.91. The summed E-state index contributed by atoms with van der Waals surface area (Å²) in [4.78, 5) is 3.91. The molecule has 5 nitrogen and oxygen atoms in total. The van der Waals surface area contributed by atoms with Crippen LogP contribution in [-0.4, -0.2) is 19.7 Å². The summed E-state index contributed by atoms with van der Waals surface area (Å²) in [7, 11) is 1.87. The molecule has 0 spiro atoms. The quantitative estimate of drug-likeness (QED) is 0.853. The number of aromatic nitrogens is 4. The molecule has 0 aliphatic rings. The van der Waals surface area contributed by atoms with Gasteiger partial charge in [-0.3, -0.25) is 0 Å². The second-order valence-corrected chi connectivity index (χ2v) is 3.53. The van der Waals surface area contributed by atoms with E-state index in [1.54, 1.807) is 12.4 Å². The minimum Gasteiger partial charge on any atom is -0.360 e. The van der Waals surface area contributed by atoms with Gasteiger partial charge in [0.15, 0.2) is 5.82 Å². The van der Waals surface area contributed by atoms with Gasteiger partial charge < -0.3 is 9.88 Å². The van der Waals surface area contributed by atoms with Crippen molar-refractivity contribution in [2.45, 2.75) is 13.0 Å². The molecular formula is C10H12FN5. The highest BCUT2D eigenvalue weighted by atomic mass is 19.1. The third kappa shape index (κ3) is 2.16. The van der Waals surface area contributed by atoms with Crippen LogP contribution in [0.25, 0.3) is 0 Å². The average Bonchev–Trinajstić information content (AvgIpc) is 2.68. The lowest BCUT2D eigenvalue weighted by Gasteiger charge is -2.13. The summed E-state index contributed by atoms with van der Waals surface area (Å²) in [6.07, 6.45) is 2.80. The lowest BCUT2D eigenvalue weighted by Crippen LogP contribution is -2.12. The van der Waals surface area contributed by atoms with Gasteiger partial charge in [-0.2, -0.15) is 0 Å². The molecule has 1 atom stereocenters. The molecule has 0 bridgehead atoms. The van der Waals surface area contributed by atoms with E-state index in [4.69, 9.17) is 0 Å². The number of hydrogen-bond acceptors (Lipinski definition) is 4. The molecule has 2 rings (SSSR count). The molecule has 0 fully saturated rings. The minimum absolute atomic E-state index is 0.0366. The first-order valence-corrected chi connectivity index (χ1v) is 4.89. The number of halogens is 1. The van der Waals surface area contributed by atoms with E-state index in [9.17, 15) is 4.39 Å². The molecule has 0 aliphatic carbocycles. The van der Waals surface area contributed by atoms with Crippen molar-refractivity contribution in [3.63, 3.8) is 0 Å². The van der Waals surface area contributed by atoms with E-state index in [0.717, 1.165) is 5.82 Å². The maximum Gasteiger partial charge on any atom is 0.154 e. The minimum atomic E-state index is -0.350. The molecule has 0 saturated heterocycles. The maximum absolute atomic E-state index is 12.6. The van der Waals surface area contributed by atoms with Crippen LogP contribution in [-0.2, 0) is 7.05 Å². The summed E-state index contributed by atoms with van der Waals surface area (Å²) in [5.74, 6) is 1.06. The van der Waals surface area contributed by atoms with Crippen LogP contribution in [0.4, 0.5) is 10.2 Å². The van der Waals surface area contributed by atoms with Crippen molar-refractivity contribution >= 4 is 5.82 Å². The van der Waals surface area contributed by atoms with Crippen LogP contribution in [0.3, 0.4) is 0 Å². The van der Waals surface area contributed by atoms with Gasteiger partial charge in [-0.1, -0.05) is 0 Å². The predicted octanol–water partition coefficient (Wildman–Crippen LogP) is 1.52. The Morgan fingerprint density at radius 1 is 1.44 bits per heavy atom. The second kappa shape index (κ2) is 4.26. The Bertz CT molecular complexity index is 464. The molecule has 0 amide bonds. The first-order chi connectivity index (χ1) is 7.66. The van der Waals surface area contributed by atoms with Crippen molar-refractivity contribution < 1.29 is 4.39 Å². The standard InChI is InChI=1S/C10H12FN5/c1-7(10-15-13-6-16(10)2)14-9-4-3-8(11)5-12-9/h3-7H,1-2H3,(H,12,14). The number of rotatable bonds is 3. The first-order valence-electron chi connectivity index (χ1n) is 4.89. The monoisotopic (exact) mass is 221 g/mol. The Morgan fingerprint density at radius 2 is 2.25 bits per heavy atom. The molecule has 0 aromatic carbocycles. The SMILES string of the molecule is CC(Nc1ccc(F)cn1)c1nncn1C. The zero-order valence-electron chi connectivity index (χ0n) is 9.05. The number of hydrogen-bond donors (Lipinski definition) is 1. The highest BCUT2D eigenvalue weighted by Gasteiger charge is 2.11. The van der Waals surface area contributed by atoms with E-state index < -0.39 is 0 Å². The topological polar surface area (TPSA) is 55.6 Å². The van der Waals surface area contributed by atoms with Crippen molar-refractivity contribution in [1.29, 1.82) is 0 Å². The number of aryl methyl sites for hydroxylation is 1. The van der Waals surface area contributed by atoms with Gasteiger partial charge in [0.25, 0.3) is 0 Å². The van der Waals surface area contributed by atoms with E-state index >= 15 is 0 Å². The Kier molecular flexibility index (Phi) is 2.80. The molecule has 0 radical (unpaired) electrons. The first kappa shape index (κ1) is 10.5. The molecule has 1 N–H and O–H groups in total. The fraction of sp³-hybridized carbons (Fsp3) is 0.300. The van der Waals surface area contributed by atoms with Crippen molar-refractivity contribution in [2.75, 3.05) is 5.32 Å². The molecule has 0 saturated carbocycles. The van der Waals surface area contributed by atoms with Crippen LogP contribution in [0.1, 0.15) is 18.8 Å². The predicted molar refractivity (Wildman–Crippen MR) is 57.2 cm³/mol. The molecule has 1 unspecified atom stereocenters. The lowest BCUT2D eigenvalue weighted by molar-refractivity contribution is 0.621. The highest BCUT2D eigenvalue weighted by Crippen LogP contribution is 2.14. The Balaban J connectivity index is 2.10. The summed E-state index contributed by atoms with van der Waals surface area (Å²) in [5.41, 5.74) is 0. The summed E-state index contributed by atoms with van der Waals surface area (Å²) < 4.78 is 14.5. The molecular weight excluding hydrogens is 209 g/mol. The van der Waals surface area contributed by atoms with Crippen LogP contribution >= 0.6 is 0 Å². The lowest BCUT2D eigenvalue weighted by atomic mass is 10.3. The molecule has 2 heterocycles. The van der Waals surface area contributed by atoms with Gasteiger partial charge in [0.05, 0.1) is 12.2 Å². The largest absolute Gasteiger partial charge is 0.360 e. The van der Waals surface area contributed by atoms with Crippen molar-refractivity contribution in [1.82, 2.24) is 19.7 Å². The van der Waals surface area contributed by atoms with Crippen molar-refractivity contribution in [3.8, 4) is 0 Å². The Labute approximate surface area is 92.3 Å². The molecule has 6 heteroatoms. The fourth-order valence-electron chi connectivity index (χ4n) is 1.43. The zero-order chi connectivity index (χ0) is 11.5. The molecule has 0 aliphatic heterocycles. The third-order valence-corrected chi connectivity index (χ3v) is 2.23. The smallest absolute Gasteiger partial charge is 0.154 e. The Hall–Kier alpha value is -1.98. The second-order valence-electron chi connectivity index (χ2n) is 3.53. The van der Waals surface area contributed by atoms with Gasteiger partial charge >= 0.3 is 0 Å². The normalized spacial score (nSPS) is 12.4. The fourth-order valence-corrected chi connectivity index (χ4v) is 1.43. The van der Waals surface area contributed by atoms with Crippen LogP contribution in [0, 0.1) is 5.82 Å². The van der Waals surface area contributed by atoms with Gasteiger partial charge in [0, 0.05) is 7.05 Å². The van der Waals surface area contributed by atoms with Crippen LogP contribution in [0.15, 0.2) is 24.7 Å². The van der Waals surface area contributed by atoms with Crippen LogP contribution in [0.2, 0.25) is 0 Å². The summed E-state index contributed by atoms with van der Waals surface area (Å²) in [6.45, 7) is 1.94. The van der Waals surface area contributed by atoms with Crippen LogP contribution in [0.5, 0.6) is 0 Å². The van der Waals surface area contributed by atoms with Crippen LogP contribution < -0.4 is 5.32 Å². The molecule has 84 valence electrons. The highest BCUT2D eigenvalue weighted by molar-refractivity contribution is 5.35. The van der Waals surface area contributed by atoms with Crippen molar-refractivity contribution in [3.05, 3.63) is 36.3 Å². The molecule has 16 heavy (non-hydrogen) atoms. The third-order valence-electron chi connectivity index (χ3n) is 2.23. The molecule has 2 aromatic heterocycles. The van der Waals surface area contributed by atoms with Gasteiger partial charge in [-0.25, -0.2) is 9.37 Å². The van der Waals surface area contributed by atoms with Gasteiger partial charge in [0.2, 0.25) is 0 Å². The van der Waals surface area contributed by atoms with E-state index in [2.05, 4.69) is 20.5 Å².